The van der Waals surface area contributed by atoms with E-state index in [1.54, 1.807) is 23.1 Å². The van der Waals surface area contributed by atoms with E-state index < -0.39 is 0 Å². The van der Waals surface area contributed by atoms with Gasteiger partial charge in [0.15, 0.2) is 19.0 Å². The molecule has 0 N–H and O–H groups in total. The first-order chi connectivity index (χ1) is 16.3. The molecule has 0 aliphatic carbocycles. The van der Waals surface area contributed by atoms with Crippen LogP contribution < -0.4 is 14.4 Å². The van der Waals surface area contributed by atoms with E-state index in [9.17, 15) is 14.4 Å². The minimum absolute atomic E-state index is 0.0744. The molecule has 0 unspecified atom stereocenters. The number of carbonyl (C=O) groups excluding carboxylic acids is 3. The smallest absolute Gasteiger partial charge is 0.265 e. The van der Waals surface area contributed by atoms with Gasteiger partial charge < -0.3 is 19.3 Å². The molecule has 1 fully saturated rings. The van der Waals surface area contributed by atoms with Crippen LogP contribution in [0.4, 0.5) is 5.69 Å². The third-order valence-corrected chi connectivity index (χ3v) is 6.27. The summed E-state index contributed by atoms with van der Waals surface area (Å²) in [6, 6.07) is 12.6. The van der Waals surface area contributed by atoms with Gasteiger partial charge in [0, 0.05) is 31.7 Å². The second kappa shape index (κ2) is 10.3. The molecule has 34 heavy (non-hydrogen) atoms. The summed E-state index contributed by atoms with van der Waals surface area (Å²) in [6.07, 6.45) is 0. The van der Waals surface area contributed by atoms with Crippen LogP contribution in [0, 0.1) is 0 Å². The number of piperazine rings is 1. The average Bonchev–Trinajstić information content (AvgIpc) is 2.84. The molecule has 8 heteroatoms. The van der Waals surface area contributed by atoms with Gasteiger partial charge in [-0.15, -0.1) is 0 Å². The Morgan fingerprint density at radius 1 is 1.06 bits per heavy atom. The third-order valence-electron chi connectivity index (χ3n) is 6.27. The van der Waals surface area contributed by atoms with Gasteiger partial charge in [0.25, 0.3) is 5.91 Å². The van der Waals surface area contributed by atoms with Crippen molar-refractivity contribution >= 4 is 23.3 Å². The fourth-order valence-corrected chi connectivity index (χ4v) is 4.04. The first-order valence-electron chi connectivity index (χ1n) is 11.6. The molecule has 2 aliphatic rings. The molecule has 2 aromatic rings. The van der Waals surface area contributed by atoms with Gasteiger partial charge in [-0.2, -0.15) is 0 Å². The fraction of sp³-hybridized carbons (Fsp3) is 0.423. The van der Waals surface area contributed by atoms with Crippen LogP contribution in [-0.4, -0.2) is 80.4 Å². The lowest BCUT2D eigenvalue weighted by Crippen LogP contribution is -2.52. The highest BCUT2D eigenvalue weighted by atomic mass is 16.5. The van der Waals surface area contributed by atoms with E-state index >= 15 is 0 Å². The van der Waals surface area contributed by atoms with Crippen LogP contribution in [0.25, 0.3) is 0 Å². The van der Waals surface area contributed by atoms with Gasteiger partial charge in [0.2, 0.25) is 5.91 Å². The number of rotatable bonds is 7. The zero-order valence-electron chi connectivity index (χ0n) is 20.0. The summed E-state index contributed by atoms with van der Waals surface area (Å²) in [5.74, 6) is 0.835. The van der Waals surface area contributed by atoms with Crippen LogP contribution in [0.2, 0.25) is 0 Å². The number of amides is 2. The Balaban J connectivity index is 1.46. The normalized spacial score (nSPS) is 16.3. The SMILES string of the molecule is CC(C)c1cccc(OCC(=O)c2ccc3c(c2)N(CC(=O)N2CCN(C)CC2)C(=O)CO3)c1. The minimum Gasteiger partial charge on any atom is -0.485 e. The van der Waals surface area contributed by atoms with Crippen LogP contribution in [0.1, 0.15) is 35.7 Å². The van der Waals surface area contributed by atoms with E-state index in [4.69, 9.17) is 9.47 Å². The van der Waals surface area contributed by atoms with Gasteiger partial charge in [0.05, 0.1) is 5.69 Å². The summed E-state index contributed by atoms with van der Waals surface area (Å²) in [4.78, 5) is 43.7. The number of hydrogen-bond acceptors (Lipinski definition) is 6. The van der Waals surface area contributed by atoms with E-state index in [-0.39, 0.29) is 37.4 Å². The van der Waals surface area contributed by atoms with Crippen LogP contribution in [0.3, 0.4) is 0 Å². The summed E-state index contributed by atoms with van der Waals surface area (Å²) in [5, 5.41) is 0. The Hall–Kier alpha value is -3.39. The number of ether oxygens (including phenoxy) is 2. The standard InChI is InChI=1S/C26H31N3O5/c1-18(2)19-5-4-6-21(13-19)33-16-23(30)20-7-8-24-22(14-20)29(26(32)17-34-24)15-25(31)28-11-9-27(3)10-12-28/h4-8,13-14,18H,9-12,15-17H2,1-3H3. The molecule has 0 spiro atoms. The summed E-state index contributed by atoms with van der Waals surface area (Å²) >= 11 is 0. The molecular weight excluding hydrogens is 434 g/mol. The van der Waals surface area contributed by atoms with Crippen molar-refractivity contribution in [2.75, 3.05) is 57.9 Å². The number of carbonyl (C=O) groups is 3. The highest BCUT2D eigenvalue weighted by Gasteiger charge is 2.30. The van der Waals surface area contributed by atoms with Gasteiger partial charge in [0.1, 0.15) is 18.0 Å². The number of likely N-dealkylation sites (N-methyl/N-ethyl adjacent to an activating group) is 1. The monoisotopic (exact) mass is 465 g/mol. The molecule has 8 nitrogen and oxygen atoms in total. The largest absolute Gasteiger partial charge is 0.485 e. The molecule has 2 aliphatic heterocycles. The zero-order chi connectivity index (χ0) is 24.2. The Morgan fingerprint density at radius 3 is 2.56 bits per heavy atom. The molecule has 1 saturated heterocycles. The maximum absolute atomic E-state index is 12.9. The molecule has 0 saturated carbocycles. The van der Waals surface area contributed by atoms with Crippen LogP contribution in [-0.2, 0) is 9.59 Å². The van der Waals surface area contributed by atoms with Gasteiger partial charge in [-0.25, -0.2) is 0 Å². The van der Waals surface area contributed by atoms with Crippen molar-refractivity contribution in [3.05, 3.63) is 53.6 Å². The maximum atomic E-state index is 12.9. The lowest BCUT2D eigenvalue weighted by molar-refractivity contribution is -0.133. The topological polar surface area (TPSA) is 79.4 Å². The molecule has 0 atom stereocenters. The Morgan fingerprint density at radius 2 is 1.82 bits per heavy atom. The number of nitrogens with zero attached hydrogens (tertiary/aromatic N) is 3. The number of ketones is 1. The quantitative estimate of drug-likeness (QED) is 0.585. The highest BCUT2D eigenvalue weighted by Crippen LogP contribution is 2.33. The number of hydrogen-bond donors (Lipinski definition) is 0. The van der Waals surface area contributed by atoms with Crippen molar-refractivity contribution in [1.82, 2.24) is 9.80 Å². The molecule has 0 bridgehead atoms. The van der Waals surface area contributed by atoms with Crippen molar-refractivity contribution in [3.63, 3.8) is 0 Å². The first kappa shape index (κ1) is 23.8. The third kappa shape index (κ3) is 5.39. The van der Waals surface area contributed by atoms with Crippen LogP contribution in [0.15, 0.2) is 42.5 Å². The van der Waals surface area contributed by atoms with E-state index in [1.807, 2.05) is 31.3 Å². The van der Waals surface area contributed by atoms with E-state index in [1.165, 1.54) is 4.90 Å². The average molecular weight is 466 g/mol. The van der Waals surface area contributed by atoms with Gasteiger partial charge in [-0.3, -0.25) is 19.3 Å². The number of fused-ring (bicyclic) bond motifs is 1. The highest BCUT2D eigenvalue weighted by molar-refractivity contribution is 6.04. The second-order valence-electron chi connectivity index (χ2n) is 9.07. The van der Waals surface area contributed by atoms with Gasteiger partial charge in [-0.1, -0.05) is 26.0 Å². The second-order valence-corrected chi connectivity index (χ2v) is 9.07. The minimum atomic E-state index is -0.304. The Bertz CT molecular complexity index is 1080. The summed E-state index contributed by atoms with van der Waals surface area (Å²) in [5.41, 5.74) is 1.97. The number of anilines is 1. The van der Waals surface area contributed by atoms with Crippen LogP contribution >= 0.6 is 0 Å². The molecule has 2 amide bonds. The Kier molecular flexibility index (Phi) is 7.17. The molecule has 180 valence electrons. The lowest BCUT2D eigenvalue weighted by atomic mass is 10.0. The predicted octanol–water partition coefficient (Wildman–Crippen LogP) is 2.57. The molecule has 0 aromatic heterocycles. The number of Topliss-reactive ketones (excluding diaryl/α,β-unsaturated/α-hetero) is 1. The number of benzene rings is 2. The molecule has 0 radical (unpaired) electrons. The van der Waals surface area contributed by atoms with Gasteiger partial charge >= 0.3 is 0 Å². The molecular formula is C26H31N3O5. The van der Waals surface area contributed by atoms with E-state index in [2.05, 4.69) is 18.7 Å². The summed E-state index contributed by atoms with van der Waals surface area (Å²) in [7, 11) is 2.02. The maximum Gasteiger partial charge on any atom is 0.265 e. The van der Waals surface area contributed by atoms with E-state index in [0.29, 0.717) is 41.8 Å². The van der Waals surface area contributed by atoms with Crippen molar-refractivity contribution in [2.24, 2.45) is 0 Å². The first-order valence-corrected chi connectivity index (χ1v) is 11.6. The van der Waals surface area contributed by atoms with Crippen molar-refractivity contribution in [3.8, 4) is 11.5 Å². The van der Waals surface area contributed by atoms with Crippen molar-refractivity contribution in [1.29, 1.82) is 0 Å². The summed E-state index contributed by atoms with van der Waals surface area (Å²) < 4.78 is 11.3. The predicted molar refractivity (Wildman–Crippen MR) is 129 cm³/mol. The molecule has 2 aromatic carbocycles. The summed E-state index contributed by atoms with van der Waals surface area (Å²) in [6.45, 7) is 6.73. The fourth-order valence-electron chi connectivity index (χ4n) is 4.04. The van der Waals surface area contributed by atoms with Crippen molar-refractivity contribution < 1.29 is 23.9 Å². The lowest BCUT2D eigenvalue weighted by Gasteiger charge is -2.35. The molecule has 4 rings (SSSR count). The van der Waals surface area contributed by atoms with Crippen LogP contribution in [0.5, 0.6) is 11.5 Å². The Labute approximate surface area is 200 Å². The zero-order valence-corrected chi connectivity index (χ0v) is 20.0. The van der Waals surface area contributed by atoms with E-state index in [0.717, 1.165) is 18.7 Å². The molecule has 2 heterocycles. The van der Waals surface area contributed by atoms with Crippen molar-refractivity contribution in [2.45, 2.75) is 19.8 Å². The van der Waals surface area contributed by atoms with Gasteiger partial charge in [-0.05, 0) is 48.9 Å².